The molecule has 0 spiro atoms. The minimum atomic E-state index is 1.03. The van der Waals surface area contributed by atoms with E-state index in [-0.39, 0.29) is 0 Å². The van der Waals surface area contributed by atoms with E-state index in [1.165, 1.54) is 16.9 Å². The van der Waals surface area contributed by atoms with Crippen molar-refractivity contribution in [3.05, 3.63) is 52.8 Å². The lowest BCUT2D eigenvalue weighted by molar-refractivity contribution is 0.652. The fourth-order valence-corrected chi connectivity index (χ4v) is 2.97. The largest absolute Gasteiger partial charge is 0.368 e. The zero-order valence-corrected chi connectivity index (χ0v) is 13.2. The van der Waals surface area contributed by atoms with E-state index >= 15 is 0 Å². The van der Waals surface area contributed by atoms with E-state index in [1.54, 1.807) is 0 Å². The lowest BCUT2D eigenvalue weighted by Crippen LogP contribution is -2.46. The van der Waals surface area contributed by atoms with Gasteiger partial charge in [0.25, 0.3) is 0 Å². The summed E-state index contributed by atoms with van der Waals surface area (Å²) in [6.07, 6.45) is 3.76. The number of halogens is 1. The summed E-state index contributed by atoms with van der Waals surface area (Å²) in [7, 11) is 0. The SMILES string of the molecule is Cc1cccc(N2CCN(c3cncc(Br)c3)CC2)c1. The highest BCUT2D eigenvalue weighted by molar-refractivity contribution is 9.10. The summed E-state index contributed by atoms with van der Waals surface area (Å²) >= 11 is 3.49. The highest BCUT2D eigenvalue weighted by Gasteiger charge is 2.17. The molecule has 1 aliphatic heterocycles. The first-order valence-electron chi connectivity index (χ1n) is 6.89. The Hall–Kier alpha value is -1.55. The lowest BCUT2D eigenvalue weighted by Gasteiger charge is -2.37. The monoisotopic (exact) mass is 331 g/mol. The van der Waals surface area contributed by atoms with Crippen molar-refractivity contribution in [3.8, 4) is 0 Å². The van der Waals surface area contributed by atoms with E-state index in [2.05, 4.69) is 68.0 Å². The molecule has 2 heterocycles. The van der Waals surface area contributed by atoms with Gasteiger partial charge in [-0.3, -0.25) is 4.98 Å². The van der Waals surface area contributed by atoms with Crippen LogP contribution in [-0.4, -0.2) is 31.2 Å². The molecule has 1 fully saturated rings. The number of piperazine rings is 1. The van der Waals surface area contributed by atoms with Gasteiger partial charge in [0.15, 0.2) is 0 Å². The summed E-state index contributed by atoms with van der Waals surface area (Å²) in [5.74, 6) is 0. The van der Waals surface area contributed by atoms with Crippen LogP contribution in [0.2, 0.25) is 0 Å². The Morgan fingerprint density at radius 3 is 2.30 bits per heavy atom. The number of aryl methyl sites for hydroxylation is 1. The molecule has 0 radical (unpaired) electrons. The fraction of sp³-hybridized carbons (Fsp3) is 0.312. The molecule has 0 unspecified atom stereocenters. The fourth-order valence-electron chi connectivity index (χ4n) is 2.62. The van der Waals surface area contributed by atoms with Crippen molar-refractivity contribution < 1.29 is 0 Å². The molecule has 20 heavy (non-hydrogen) atoms. The van der Waals surface area contributed by atoms with Crippen LogP contribution in [0.15, 0.2) is 47.2 Å². The second-order valence-electron chi connectivity index (χ2n) is 5.17. The van der Waals surface area contributed by atoms with Crippen LogP contribution in [0.25, 0.3) is 0 Å². The number of rotatable bonds is 2. The maximum Gasteiger partial charge on any atom is 0.0565 e. The van der Waals surface area contributed by atoms with Gasteiger partial charge in [-0.15, -0.1) is 0 Å². The molecular weight excluding hydrogens is 314 g/mol. The molecule has 3 rings (SSSR count). The molecule has 0 atom stereocenters. The number of benzene rings is 1. The number of aromatic nitrogens is 1. The number of pyridine rings is 1. The van der Waals surface area contributed by atoms with E-state index in [1.807, 2.05) is 12.4 Å². The first-order valence-corrected chi connectivity index (χ1v) is 7.69. The third kappa shape index (κ3) is 2.96. The van der Waals surface area contributed by atoms with Crippen molar-refractivity contribution >= 4 is 27.3 Å². The molecule has 4 heteroatoms. The molecule has 0 saturated carbocycles. The van der Waals surface area contributed by atoms with Gasteiger partial charge in [-0.05, 0) is 46.6 Å². The van der Waals surface area contributed by atoms with Crippen LogP contribution in [-0.2, 0) is 0 Å². The number of anilines is 2. The predicted molar refractivity (Wildman–Crippen MR) is 87.5 cm³/mol. The van der Waals surface area contributed by atoms with E-state index in [9.17, 15) is 0 Å². The van der Waals surface area contributed by atoms with E-state index in [0.717, 1.165) is 30.7 Å². The van der Waals surface area contributed by atoms with Crippen molar-refractivity contribution in [1.29, 1.82) is 0 Å². The van der Waals surface area contributed by atoms with Crippen LogP contribution < -0.4 is 9.80 Å². The summed E-state index contributed by atoms with van der Waals surface area (Å²) in [5, 5.41) is 0. The molecule has 0 bridgehead atoms. The average molecular weight is 332 g/mol. The zero-order chi connectivity index (χ0) is 13.9. The van der Waals surface area contributed by atoms with E-state index in [4.69, 9.17) is 0 Å². The summed E-state index contributed by atoms with van der Waals surface area (Å²) < 4.78 is 1.04. The Bertz CT molecular complexity index is 538. The van der Waals surface area contributed by atoms with Gasteiger partial charge in [-0.2, -0.15) is 0 Å². The standard InChI is InChI=1S/C16H18BrN3/c1-13-3-2-4-15(9-13)19-5-7-20(8-6-19)16-10-14(17)11-18-12-16/h2-4,9-12H,5-8H2,1H3. The molecule has 1 aliphatic rings. The molecule has 1 aromatic heterocycles. The van der Waals surface area contributed by atoms with Crippen molar-refractivity contribution in [2.24, 2.45) is 0 Å². The van der Waals surface area contributed by atoms with Crippen LogP contribution in [0.5, 0.6) is 0 Å². The Kier molecular flexibility index (Phi) is 3.92. The number of nitrogens with zero attached hydrogens (tertiary/aromatic N) is 3. The Balaban J connectivity index is 1.68. The van der Waals surface area contributed by atoms with Crippen LogP contribution in [0.1, 0.15) is 5.56 Å². The topological polar surface area (TPSA) is 19.4 Å². The summed E-state index contributed by atoms with van der Waals surface area (Å²) in [6.45, 7) is 6.32. The van der Waals surface area contributed by atoms with Gasteiger partial charge < -0.3 is 9.80 Å². The Labute approximate surface area is 128 Å². The third-order valence-corrected chi connectivity index (χ3v) is 4.14. The van der Waals surface area contributed by atoms with Crippen molar-refractivity contribution in [1.82, 2.24) is 4.98 Å². The van der Waals surface area contributed by atoms with Gasteiger partial charge in [0.1, 0.15) is 0 Å². The summed E-state index contributed by atoms with van der Waals surface area (Å²) in [4.78, 5) is 9.09. The molecule has 0 amide bonds. The van der Waals surface area contributed by atoms with Crippen LogP contribution in [0.4, 0.5) is 11.4 Å². The highest BCUT2D eigenvalue weighted by atomic mass is 79.9. The van der Waals surface area contributed by atoms with Gasteiger partial charge >= 0.3 is 0 Å². The summed E-state index contributed by atoms with van der Waals surface area (Å²) in [6, 6.07) is 10.9. The van der Waals surface area contributed by atoms with Gasteiger partial charge in [0.05, 0.1) is 11.9 Å². The van der Waals surface area contributed by atoms with Crippen LogP contribution in [0, 0.1) is 6.92 Å². The average Bonchev–Trinajstić information content (AvgIpc) is 2.47. The molecule has 104 valence electrons. The Morgan fingerprint density at radius 1 is 0.950 bits per heavy atom. The number of hydrogen-bond donors (Lipinski definition) is 0. The molecular formula is C16H18BrN3. The first-order chi connectivity index (χ1) is 9.72. The van der Waals surface area contributed by atoms with E-state index in [0.29, 0.717) is 0 Å². The van der Waals surface area contributed by atoms with Crippen molar-refractivity contribution in [2.75, 3.05) is 36.0 Å². The third-order valence-electron chi connectivity index (χ3n) is 3.70. The van der Waals surface area contributed by atoms with Gasteiger partial charge in [-0.1, -0.05) is 12.1 Å². The van der Waals surface area contributed by atoms with Gasteiger partial charge in [-0.25, -0.2) is 0 Å². The normalized spacial score (nSPS) is 15.5. The zero-order valence-electron chi connectivity index (χ0n) is 11.6. The van der Waals surface area contributed by atoms with Crippen molar-refractivity contribution in [2.45, 2.75) is 6.92 Å². The Morgan fingerprint density at radius 2 is 1.65 bits per heavy atom. The second-order valence-corrected chi connectivity index (χ2v) is 6.09. The minimum Gasteiger partial charge on any atom is -0.368 e. The van der Waals surface area contributed by atoms with E-state index < -0.39 is 0 Å². The second kappa shape index (κ2) is 5.83. The molecule has 3 nitrogen and oxygen atoms in total. The number of hydrogen-bond acceptors (Lipinski definition) is 3. The van der Waals surface area contributed by atoms with Crippen molar-refractivity contribution in [3.63, 3.8) is 0 Å². The minimum absolute atomic E-state index is 1.03. The quantitative estimate of drug-likeness (QED) is 0.839. The highest BCUT2D eigenvalue weighted by Crippen LogP contribution is 2.22. The maximum atomic E-state index is 4.25. The predicted octanol–water partition coefficient (Wildman–Crippen LogP) is 3.48. The van der Waals surface area contributed by atoms with Gasteiger partial charge in [0.2, 0.25) is 0 Å². The molecule has 1 aromatic carbocycles. The maximum absolute atomic E-state index is 4.25. The molecule has 0 N–H and O–H groups in total. The molecule has 2 aromatic rings. The molecule has 1 saturated heterocycles. The summed E-state index contributed by atoms with van der Waals surface area (Å²) in [5.41, 5.74) is 3.85. The van der Waals surface area contributed by atoms with Gasteiger partial charge in [0, 0.05) is 42.5 Å². The van der Waals surface area contributed by atoms with Crippen LogP contribution in [0.3, 0.4) is 0 Å². The smallest absolute Gasteiger partial charge is 0.0565 e. The molecule has 0 aliphatic carbocycles. The first kappa shape index (κ1) is 13.4. The van der Waals surface area contributed by atoms with Crippen LogP contribution >= 0.6 is 15.9 Å². The lowest BCUT2D eigenvalue weighted by atomic mass is 10.2.